The van der Waals surface area contributed by atoms with Crippen molar-refractivity contribution in [2.75, 3.05) is 7.11 Å². The molecule has 0 saturated carbocycles. The van der Waals surface area contributed by atoms with Crippen molar-refractivity contribution in [2.24, 2.45) is 11.7 Å². The van der Waals surface area contributed by atoms with E-state index in [1.165, 1.54) is 7.11 Å². The summed E-state index contributed by atoms with van der Waals surface area (Å²) in [6.07, 6.45) is -0.745. The summed E-state index contributed by atoms with van der Waals surface area (Å²) in [5.41, 5.74) is 7.23. The third kappa shape index (κ3) is 8.00. The van der Waals surface area contributed by atoms with E-state index in [1.807, 2.05) is 44.2 Å². The maximum absolute atomic E-state index is 13.2. The van der Waals surface area contributed by atoms with Crippen molar-refractivity contribution in [3.8, 4) is 0 Å². The zero-order valence-corrected chi connectivity index (χ0v) is 19.2. The van der Waals surface area contributed by atoms with Gasteiger partial charge in [-0.05, 0) is 23.5 Å². The Morgan fingerprint density at radius 3 is 2.06 bits per heavy atom. The van der Waals surface area contributed by atoms with E-state index in [2.05, 4.69) is 10.6 Å². The summed E-state index contributed by atoms with van der Waals surface area (Å²) in [4.78, 5) is 38.3. The van der Waals surface area contributed by atoms with E-state index in [1.54, 1.807) is 30.3 Å². The molecule has 5 N–H and O–H groups in total. The molecule has 4 atom stereocenters. The summed E-state index contributed by atoms with van der Waals surface area (Å²) >= 11 is 0. The maximum atomic E-state index is 13.2. The molecule has 0 heterocycles. The minimum atomic E-state index is -1.36. The minimum Gasteiger partial charge on any atom is -0.467 e. The number of carbonyl (C=O) groups is 3. The average Bonchev–Trinajstić information content (AvgIpc) is 2.81. The number of carbonyl (C=O) groups excluding carboxylic acids is 3. The van der Waals surface area contributed by atoms with Crippen LogP contribution < -0.4 is 16.4 Å². The second-order valence-electron chi connectivity index (χ2n) is 8.35. The van der Waals surface area contributed by atoms with Crippen LogP contribution in [0.4, 0.5) is 0 Å². The Morgan fingerprint density at radius 1 is 0.939 bits per heavy atom. The zero-order valence-electron chi connectivity index (χ0n) is 19.2. The molecular weight excluding hydrogens is 422 g/mol. The average molecular weight is 456 g/mol. The topological polar surface area (TPSA) is 131 Å². The zero-order chi connectivity index (χ0) is 24.4. The predicted octanol–water partition coefficient (Wildman–Crippen LogP) is 1.48. The number of aliphatic hydroxyl groups excluding tert-OH is 1. The van der Waals surface area contributed by atoms with Gasteiger partial charge in [0.05, 0.1) is 13.2 Å². The van der Waals surface area contributed by atoms with E-state index in [4.69, 9.17) is 10.5 Å². The summed E-state index contributed by atoms with van der Waals surface area (Å²) in [6.45, 7) is 3.86. The Morgan fingerprint density at radius 2 is 1.52 bits per heavy atom. The van der Waals surface area contributed by atoms with Crippen molar-refractivity contribution in [3.05, 3.63) is 71.8 Å². The second kappa shape index (κ2) is 12.7. The molecule has 0 saturated heterocycles. The molecule has 2 amide bonds. The fraction of sp³-hybridized carbons (Fsp3) is 0.400. The number of aliphatic hydroxyl groups is 1. The standard InChI is InChI=1S/C25H33N3O5/c1-16(2)14-19(26)23(30)28-21(22(29)18-12-8-5-9-13-18)24(31)27-20(25(32)33-3)15-17-10-6-4-7-11-17/h4-13,16,19-22,29H,14-15,26H2,1-3H3,(H,27,31)(H,28,30)/t19-,20-,21-,22+/m0/s1. The normalized spacial score (nSPS) is 14.6. The summed E-state index contributed by atoms with van der Waals surface area (Å²) in [5.74, 6) is -1.74. The van der Waals surface area contributed by atoms with Crippen molar-refractivity contribution < 1.29 is 24.2 Å². The number of rotatable bonds is 11. The van der Waals surface area contributed by atoms with Crippen LogP contribution in [0.2, 0.25) is 0 Å². The molecule has 0 radical (unpaired) electrons. The monoisotopic (exact) mass is 455 g/mol. The van der Waals surface area contributed by atoms with Gasteiger partial charge in [0.2, 0.25) is 11.8 Å². The predicted molar refractivity (Wildman–Crippen MR) is 125 cm³/mol. The molecule has 8 nitrogen and oxygen atoms in total. The van der Waals surface area contributed by atoms with E-state index in [0.717, 1.165) is 5.56 Å². The molecule has 178 valence electrons. The van der Waals surface area contributed by atoms with Gasteiger partial charge < -0.3 is 26.2 Å². The molecule has 0 bridgehead atoms. The molecule has 0 aliphatic rings. The number of benzene rings is 2. The van der Waals surface area contributed by atoms with E-state index in [0.29, 0.717) is 12.0 Å². The summed E-state index contributed by atoms with van der Waals surface area (Å²) in [7, 11) is 1.23. The highest BCUT2D eigenvalue weighted by atomic mass is 16.5. The van der Waals surface area contributed by atoms with Gasteiger partial charge in [-0.2, -0.15) is 0 Å². The third-order valence-electron chi connectivity index (χ3n) is 5.18. The summed E-state index contributed by atoms with van der Waals surface area (Å²) < 4.78 is 4.85. The van der Waals surface area contributed by atoms with E-state index in [-0.39, 0.29) is 12.3 Å². The molecule has 0 spiro atoms. The van der Waals surface area contributed by atoms with E-state index in [9.17, 15) is 19.5 Å². The Bertz CT molecular complexity index is 905. The van der Waals surface area contributed by atoms with Crippen molar-refractivity contribution in [1.82, 2.24) is 10.6 Å². The summed E-state index contributed by atoms with van der Waals surface area (Å²) in [5, 5.41) is 16.1. The first kappa shape index (κ1) is 26.0. The SMILES string of the molecule is COC(=O)[C@H](Cc1ccccc1)NC(=O)[C@@H](NC(=O)[C@@H](N)CC(C)C)[C@H](O)c1ccccc1. The van der Waals surface area contributed by atoms with Crippen molar-refractivity contribution >= 4 is 17.8 Å². The maximum Gasteiger partial charge on any atom is 0.328 e. The number of hydrogen-bond donors (Lipinski definition) is 4. The van der Waals surface area contributed by atoms with Gasteiger partial charge in [-0.1, -0.05) is 74.5 Å². The number of esters is 1. The van der Waals surface area contributed by atoms with Crippen LogP contribution >= 0.6 is 0 Å². The highest BCUT2D eigenvalue weighted by Crippen LogP contribution is 2.18. The Labute approximate surface area is 194 Å². The molecule has 0 aromatic heterocycles. The fourth-order valence-electron chi connectivity index (χ4n) is 3.45. The number of nitrogens with one attached hydrogen (secondary N) is 2. The van der Waals surface area contributed by atoms with Gasteiger partial charge in [-0.3, -0.25) is 9.59 Å². The lowest BCUT2D eigenvalue weighted by molar-refractivity contribution is -0.146. The van der Waals surface area contributed by atoms with Gasteiger partial charge in [-0.25, -0.2) is 4.79 Å². The van der Waals surface area contributed by atoms with Crippen LogP contribution in [0.3, 0.4) is 0 Å². The second-order valence-corrected chi connectivity index (χ2v) is 8.35. The molecule has 2 aromatic carbocycles. The lowest BCUT2D eigenvalue weighted by atomic mass is 9.98. The van der Waals surface area contributed by atoms with Crippen LogP contribution in [0.25, 0.3) is 0 Å². The number of nitrogens with two attached hydrogens (primary N) is 1. The molecular formula is C25H33N3O5. The van der Waals surface area contributed by atoms with Crippen molar-refractivity contribution in [1.29, 1.82) is 0 Å². The first-order chi connectivity index (χ1) is 15.7. The number of ether oxygens (including phenoxy) is 1. The smallest absolute Gasteiger partial charge is 0.328 e. The van der Waals surface area contributed by atoms with Crippen molar-refractivity contribution in [2.45, 2.75) is 50.9 Å². The van der Waals surface area contributed by atoms with Crippen LogP contribution in [0.15, 0.2) is 60.7 Å². The Hall–Kier alpha value is -3.23. The van der Waals surface area contributed by atoms with Crippen LogP contribution in [-0.2, 0) is 25.5 Å². The van der Waals surface area contributed by atoms with Gasteiger partial charge in [0.25, 0.3) is 0 Å². The first-order valence-corrected chi connectivity index (χ1v) is 10.9. The quantitative estimate of drug-likeness (QED) is 0.380. The molecule has 0 fully saturated rings. The number of hydrogen-bond acceptors (Lipinski definition) is 6. The highest BCUT2D eigenvalue weighted by molar-refractivity contribution is 5.92. The Balaban J connectivity index is 2.26. The van der Waals surface area contributed by atoms with Gasteiger partial charge in [0, 0.05) is 6.42 Å². The molecule has 0 unspecified atom stereocenters. The number of amides is 2. The summed E-state index contributed by atoms with van der Waals surface area (Å²) in [6, 6.07) is 14.4. The van der Waals surface area contributed by atoms with Crippen molar-refractivity contribution in [3.63, 3.8) is 0 Å². The molecule has 0 aliphatic carbocycles. The van der Waals surface area contributed by atoms with Crippen LogP contribution in [0, 0.1) is 5.92 Å². The molecule has 0 aliphatic heterocycles. The molecule has 2 rings (SSSR count). The first-order valence-electron chi connectivity index (χ1n) is 10.9. The lowest BCUT2D eigenvalue weighted by Crippen LogP contribution is -2.57. The van der Waals surface area contributed by atoms with E-state index >= 15 is 0 Å². The third-order valence-corrected chi connectivity index (χ3v) is 5.18. The van der Waals surface area contributed by atoms with Crippen LogP contribution in [-0.4, -0.2) is 48.1 Å². The van der Waals surface area contributed by atoms with Gasteiger partial charge in [0.1, 0.15) is 18.2 Å². The largest absolute Gasteiger partial charge is 0.467 e. The minimum absolute atomic E-state index is 0.173. The lowest BCUT2D eigenvalue weighted by Gasteiger charge is -2.27. The number of methoxy groups -OCH3 is 1. The molecule has 33 heavy (non-hydrogen) atoms. The fourth-order valence-corrected chi connectivity index (χ4v) is 3.45. The van der Waals surface area contributed by atoms with Gasteiger partial charge in [-0.15, -0.1) is 0 Å². The Kier molecular flexibility index (Phi) is 10.0. The van der Waals surface area contributed by atoms with E-state index < -0.39 is 42.0 Å². The molecule has 8 heteroatoms. The molecule has 2 aromatic rings. The van der Waals surface area contributed by atoms with Gasteiger partial charge in [0.15, 0.2) is 0 Å². The van der Waals surface area contributed by atoms with Crippen LogP contribution in [0.5, 0.6) is 0 Å². The van der Waals surface area contributed by atoms with Gasteiger partial charge >= 0.3 is 5.97 Å². The highest BCUT2D eigenvalue weighted by Gasteiger charge is 2.34. The van der Waals surface area contributed by atoms with Crippen LogP contribution in [0.1, 0.15) is 37.5 Å².